The van der Waals surface area contributed by atoms with E-state index in [4.69, 9.17) is 39.9 Å². The van der Waals surface area contributed by atoms with E-state index >= 15 is 0 Å². The van der Waals surface area contributed by atoms with E-state index < -0.39 is 29.3 Å². The van der Waals surface area contributed by atoms with Crippen molar-refractivity contribution in [2.45, 2.75) is 41.4 Å². The van der Waals surface area contributed by atoms with Gasteiger partial charge in [-0.15, -0.1) is 0 Å². The van der Waals surface area contributed by atoms with E-state index in [1.165, 1.54) is 28.4 Å². The predicted octanol–water partition coefficient (Wildman–Crippen LogP) is -2.78. The average Bonchev–Trinajstić information content (AvgIpc) is 2.63. The molecule has 0 aromatic rings. The smallest absolute Gasteiger partial charge is 0.219 e. The van der Waals surface area contributed by atoms with Crippen molar-refractivity contribution in [1.82, 2.24) is 0 Å². The van der Waals surface area contributed by atoms with E-state index in [-0.39, 0.29) is 6.54 Å². The van der Waals surface area contributed by atoms with E-state index in [9.17, 15) is 0 Å². The highest BCUT2D eigenvalue weighted by molar-refractivity contribution is 6.09. The van der Waals surface area contributed by atoms with Crippen LogP contribution >= 0.6 is 0 Å². The second kappa shape index (κ2) is 10.3. The summed E-state index contributed by atoms with van der Waals surface area (Å²) in [5.41, 5.74) is 11.6. The van der Waals surface area contributed by atoms with Crippen molar-refractivity contribution in [2.24, 2.45) is 11.5 Å². The van der Waals surface area contributed by atoms with E-state index in [1.807, 2.05) is 0 Å². The average molecular weight is 385 g/mol. The molecule has 0 rings (SSSR count). The zero-order valence-corrected chi connectivity index (χ0v) is 20.4. The lowest BCUT2D eigenvalue weighted by atomic mass is 9.75. The van der Waals surface area contributed by atoms with Crippen LogP contribution in [0.3, 0.4) is 0 Å². The van der Waals surface area contributed by atoms with Gasteiger partial charge in [-0.3, -0.25) is 0 Å². The lowest BCUT2D eigenvalue weighted by molar-refractivity contribution is -0.380. The van der Waals surface area contributed by atoms with Gasteiger partial charge in [0.1, 0.15) is 17.7 Å². The Balaban J connectivity index is 6.61. The van der Waals surface area contributed by atoms with Crippen molar-refractivity contribution in [2.75, 3.05) is 49.2 Å². The Morgan fingerprint density at radius 3 is 1.17 bits per heavy atom. The van der Waals surface area contributed by atoms with E-state index in [0.29, 0.717) is 0 Å². The molecule has 0 saturated heterocycles. The Morgan fingerprint density at radius 2 is 1.04 bits per heavy atom. The highest BCUT2D eigenvalue weighted by Gasteiger charge is 2.69. The molecule has 4 N–H and O–H groups in total. The van der Waals surface area contributed by atoms with Crippen LogP contribution in [0.2, 0.25) is 12.1 Å². The van der Waals surface area contributed by atoms with Crippen LogP contribution in [0.15, 0.2) is 0 Å². The van der Waals surface area contributed by atoms with Crippen LogP contribution in [0.25, 0.3) is 0 Å². The maximum absolute atomic E-state index is 6.85. The Labute approximate surface area is 151 Å². The van der Waals surface area contributed by atoms with Gasteiger partial charge in [-0.1, -0.05) is 0 Å². The Morgan fingerprint density at radius 1 is 0.750 bits per heavy atom. The molecule has 0 aliphatic carbocycles. The number of methoxy groups -OCH3 is 6. The van der Waals surface area contributed by atoms with Crippen molar-refractivity contribution in [1.29, 1.82) is 0 Å². The third-order valence-corrected chi connectivity index (χ3v) is 6.42. The standard InChI is InChI=1S/C14H36N2O6Si2/c1-17-10(7-23)13(19-3,20-4)12(16,9-15)14(21-5,22-6)11(8-24)18-2/h10-11H,7-9,15-16H2,1-6,23-24H3. The molecule has 24 heavy (non-hydrogen) atoms. The molecule has 146 valence electrons. The molecular formula is C14H36N2O6Si2. The second-order valence-electron chi connectivity index (χ2n) is 5.59. The number of hydrogen-bond acceptors (Lipinski definition) is 8. The third kappa shape index (κ3) is 3.49. The van der Waals surface area contributed by atoms with Crippen molar-refractivity contribution in [3.05, 3.63) is 0 Å². The number of ether oxygens (including phenoxy) is 6. The minimum atomic E-state index is -1.40. The van der Waals surface area contributed by atoms with Crippen LogP contribution in [0.4, 0.5) is 0 Å². The summed E-state index contributed by atoms with van der Waals surface area (Å²) in [6.45, 7) is -0.0286. The Hall–Kier alpha value is 0.114. The normalized spacial score (nSPS) is 18.5. The van der Waals surface area contributed by atoms with Gasteiger partial charge in [-0.25, -0.2) is 0 Å². The number of hydrogen-bond donors (Lipinski definition) is 2. The topological polar surface area (TPSA) is 107 Å². The lowest BCUT2D eigenvalue weighted by Gasteiger charge is -2.57. The summed E-state index contributed by atoms with van der Waals surface area (Å²) in [5.74, 6) is -2.75. The molecule has 8 nitrogen and oxygen atoms in total. The van der Waals surface area contributed by atoms with Crippen molar-refractivity contribution >= 4 is 20.5 Å². The zero-order valence-electron chi connectivity index (χ0n) is 16.4. The van der Waals surface area contributed by atoms with Crippen molar-refractivity contribution < 1.29 is 28.4 Å². The van der Waals surface area contributed by atoms with Gasteiger partial charge in [-0.2, -0.15) is 0 Å². The molecule has 0 radical (unpaired) electrons. The summed E-state index contributed by atoms with van der Waals surface area (Å²) in [6, 6.07) is 1.44. The highest BCUT2D eigenvalue weighted by Crippen LogP contribution is 2.43. The molecule has 10 heteroatoms. The minimum Gasteiger partial charge on any atom is -0.376 e. The summed E-state index contributed by atoms with van der Waals surface area (Å²) in [4.78, 5) is 0. The first-order chi connectivity index (χ1) is 11.3. The highest BCUT2D eigenvalue weighted by atomic mass is 28.1. The summed E-state index contributed by atoms with van der Waals surface area (Å²) < 4.78 is 34.5. The van der Waals surface area contributed by atoms with Crippen LogP contribution in [-0.4, -0.2) is 99.0 Å². The van der Waals surface area contributed by atoms with Gasteiger partial charge in [-0.05, 0) is 12.1 Å². The summed E-state index contributed by atoms with van der Waals surface area (Å²) >= 11 is 0. The van der Waals surface area contributed by atoms with E-state index in [0.717, 1.165) is 32.6 Å². The van der Waals surface area contributed by atoms with Crippen molar-refractivity contribution in [3.63, 3.8) is 0 Å². The Bertz CT molecular complexity index is 320. The molecule has 2 unspecified atom stereocenters. The van der Waals surface area contributed by atoms with Gasteiger partial charge in [0.15, 0.2) is 0 Å². The summed E-state index contributed by atoms with van der Waals surface area (Å²) in [5, 5.41) is 0. The van der Waals surface area contributed by atoms with Crippen LogP contribution in [0.5, 0.6) is 0 Å². The molecule has 2 atom stereocenters. The molecule has 0 aliphatic rings. The molecule has 0 aromatic heterocycles. The molecule has 0 bridgehead atoms. The van der Waals surface area contributed by atoms with Crippen LogP contribution in [0, 0.1) is 0 Å². The Kier molecular flexibility index (Phi) is 10.4. The van der Waals surface area contributed by atoms with Gasteiger partial charge < -0.3 is 39.9 Å². The summed E-state index contributed by atoms with van der Waals surface area (Å²) in [6.07, 6.45) is -0.881. The summed E-state index contributed by atoms with van der Waals surface area (Å²) in [7, 11) is 11.0. The lowest BCUT2D eigenvalue weighted by Crippen LogP contribution is -2.84. The van der Waals surface area contributed by atoms with Gasteiger partial charge in [0.25, 0.3) is 0 Å². The molecular weight excluding hydrogens is 348 g/mol. The minimum absolute atomic E-state index is 0.0286. The fraction of sp³-hybridized carbons (Fsp3) is 1.00. The first kappa shape index (κ1) is 24.1. The molecule has 0 heterocycles. The van der Waals surface area contributed by atoms with Crippen LogP contribution in [-0.2, 0) is 28.4 Å². The molecule has 0 aromatic carbocycles. The first-order valence-corrected chi connectivity index (χ1v) is 10.9. The van der Waals surface area contributed by atoms with Gasteiger partial charge in [0.05, 0.1) is 0 Å². The van der Waals surface area contributed by atoms with E-state index in [2.05, 4.69) is 0 Å². The first-order valence-electron chi connectivity index (χ1n) is 8.10. The number of rotatable bonds is 13. The van der Waals surface area contributed by atoms with Crippen molar-refractivity contribution in [3.8, 4) is 0 Å². The second-order valence-corrected chi connectivity index (χ2v) is 7.23. The number of nitrogens with two attached hydrogens (primary N) is 2. The van der Waals surface area contributed by atoms with Crippen LogP contribution < -0.4 is 11.5 Å². The SMILES string of the molecule is COC(C[SiH3])C(OC)(OC)C(N)(CN)C(OC)(OC)C(C[SiH3])OC. The van der Waals surface area contributed by atoms with Gasteiger partial charge >= 0.3 is 0 Å². The molecule has 0 spiro atoms. The largest absolute Gasteiger partial charge is 0.376 e. The molecule has 0 aliphatic heterocycles. The maximum atomic E-state index is 6.85. The predicted molar refractivity (Wildman–Crippen MR) is 101 cm³/mol. The quantitative estimate of drug-likeness (QED) is 0.259. The fourth-order valence-electron chi connectivity index (χ4n) is 3.70. The zero-order chi connectivity index (χ0) is 19.0. The van der Waals surface area contributed by atoms with E-state index in [1.54, 1.807) is 14.2 Å². The molecule has 0 fully saturated rings. The van der Waals surface area contributed by atoms with Gasteiger partial charge in [0.2, 0.25) is 11.6 Å². The third-order valence-electron chi connectivity index (χ3n) is 4.94. The monoisotopic (exact) mass is 384 g/mol. The van der Waals surface area contributed by atoms with Gasteiger partial charge in [0, 0.05) is 69.7 Å². The molecule has 0 amide bonds. The fourth-order valence-corrected chi connectivity index (χ4v) is 5.45. The molecule has 0 saturated carbocycles. The van der Waals surface area contributed by atoms with Crippen LogP contribution in [0.1, 0.15) is 0 Å². The maximum Gasteiger partial charge on any atom is 0.219 e.